The van der Waals surface area contributed by atoms with Crippen molar-refractivity contribution in [3.05, 3.63) is 34.1 Å². The summed E-state index contributed by atoms with van der Waals surface area (Å²) in [5.41, 5.74) is 0.172. The van der Waals surface area contributed by atoms with Gasteiger partial charge in [-0.25, -0.2) is 4.39 Å². The summed E-state index contributed by atoms with van der Waals surface area (Å²) in [4.78, 5) is 0. The van der Waals surface area contributed by atoms with Gasteiger partial charge in [0.1, 0.15) is 5.82 Å². The number of benzene rings is 1. The maximum absolute atomic E-state index is 12.9. The molecule has 2 nitrogen and oxygen atoms in total. The quantitative estimate of drug-likeness (QED) is 0.726. The highest BCUT2D eigenvalue weighted by molar-refractivity contribution is 6.31. The van der Waals surface area contributed by atoms with Crippen LogP contribution in [0.3, 0.4) is 0 Å². The second-order valence-corrected chi connectivity index (χ2v) is 2.60. The summed E-state index contributed by atoms with van der Waals surface area (Å²) in [6.07, 6.45) is 0. The Bertz CT molecular complexity index is 322. The van der Waals surface area contributed by atoms with E-state index < -0.39 is 12.4 Å². The Balaban J connectivity index is 3.30. The second-order valence-electron chi connectivity index (χ2n) is 2.19. The molecule has 12 heavy (non-hydrogen) atoms. The summed E-state index contributed by atoms with van der Waals surface area (Å²) in [6, 6.07) is 4.11. The summed E-state index contributed by atoms with van der Waals surface area (Å²) in [5.74, 6) is -0.651. The fraction of sp³-hybridized carbons (Fsp3) is 0.125. The van der Waals surface area contributed by atoms with Gasteiger partial charge in [-0.3, -0.25) is 0 Å². The molecule has 1 aromatic rings. The normalized spacial score (nSPS) is 9.50. The average molecular weight is 186 g/mol. The van der Waals surface area contributed by atoms with E-state index in [1.807, 2.05) is 0 Å². The van der Waals surface area contributed by atoms with Crippen LogP contribution in [0.25, 0.3) is 0 Å². The second kappa shape index (κ2) is 3.53. The first-order valence-corrected chi connectivity index (χ1v) is 3.55. The zero-order valence-corrected chi connectivity index (χ0v) is 6.77. The van der Waals surface area contributed by atoms with E-state index in [0.717, 1.165) is 6.07 Å². The monoisotopic (exact) mass is 185 g/mol. The van der Waals surface area contributed by atoms with Gasteiger partial charge in [-0.2, -0.15) is 5.26 Å². The predicted octanol–water partition coefficient (Wildman–Crippen LogP) is 1.84. The van der Waals surface area contributed by atoms with Crippen LogP contribution >= 0.6 is 11.6 Å². The van der Waals surface area contributed by atoms with Crippen molar-refractivity contribution in [3.8, 4) is 6.07 Å². The Labute approximate surface area is 73.8 Å². The molecule has 0 spiro atoms. The Morgan fingerprint density at radius 3 is 2.67 bits per heavy atom. The first-order chi connectivity index (χ1) is 5.69. The minimum atomic E-state index is -0.651. The average Bonchev–Trinajstić information content (AvgIpc) is 2.03. The Morgan fingerprint density at radius 1 is 1.58 bits per heavy atom. The molecule has 0 atom stereocenters. The lowest BCUT2D eigenvalue weighted by Crippen LogP contribution is -1.92. The van der Waals surface area contributed by atoms with Gasteiger partial charge >= 0.3 is 0 Å². The molecule has 0 amide bonds. The maximum atomic E-state index is 12.9. The molecule has 0 saturated carbocycles. The van der Waals surface area contributed by atoms with Crippen molar-refractivity contribution in [1.82, 2.24) is 0 Å². The van der Waals surface area contributed by atoms with Gasteiger partial charge in [0.15, 0.2) is 0 Å². The number of nitrogens with zero attached hydrogens (tertiary/aromatic N) is 1. The first-order valence-electron chi connectivity index (χ1n) is 3.18. The highest BCUT2D eigenvalue weighted by Gasteiger charge is 2.07. The van der Waals surface area contributed by atoms with Crippen LogP contribution in [-0.4, -0.2) is 5.11 Å². The highest BCUT2D eigenvalue weighted by Crippen LogP contribution is 2.20. The molecule has 0 aliphatic carbocycles. The van der Waals surface area contributed by atoms with Crippen molar-refractivity contribution >= 4 is 11.6 Å². The van der Waals surface area contributed by atoms with Crippen molar-refractivity contribution in [2.24, 2.45) is 0 Å². The number of halogens is 2. The number of rotatable bonds is 1. The molecule has 4 heteroatoms. The van der Waals surface area contributed by atoms with E-state index in [-0.39, 0.29) is 16.1 Å². The fourth-order valence-corrected chi connectivity index (χ4v) is 1.09. The molecule has 0 fully saturated rings. The van der Waals surface area contributed by atoms with E-state index in [2.05, 4.69) is 0 Å². The SMILES string of the molecule is N#Cc1cc(F)c(CO)c(Cl)c1. The van der Waals surface area contributed by atoms with E-state index in [0.29, 0.717) is 0 Å². The summed E-state index contributed by atoms with van der Waals surface area (Å²) >= 11 is 5.56. The minimum absolute atomic E-state index is 0.0238. The summed E-state index contributed by atoms with van der Waals surface area (Å²) in [6.45, 7) is -0.462. The third kappa shape index (κ3) is 1.55. The number of aliphatic hydroxyl groups is 1. The standard InChI is InChI=1S/C8H5ClFNO/c9-7-1-5(3-11)2-8(10)6(7)4-12/h1-2,12H,4H2. The lowest BCUT2D eigenvalue weighted by atomic mass is 10.1. The largest absolute Gasteiger partial charge is 0.392 e. The lowest BCUT2D eigenvalue weighted by molar-refractivity contribution is 0.276. The topological polar surface area (TPSA) is 44.0 Å². The van der Waals surface area contributed by atoms with Gasteiger partial charge in [0.25, 0.3) is 0 Å². The van der Waals surface area contributed by atoms with Gasteiger partial charge < -0.3 is 5.11 Å². The van der Waals surface area contributed by atoms with E-state index in [1.165, 1.54) is 6.07 Å². The van der Waals surface area contributed by atoms with Gasteiger partial charge in [-0.15, -0.1) is 0 Å². The Morgan fingerprint density at radius 2 is 2.25 bits per heavy atom. The van der Waals surface area contributed by atoms with Crippen LogP contribution in [0.5, 0.6) is 0 Å². The molecule has 0 heterocycles. The third-order valence-electron chi connectivity index (χ3n) is 1.43. The molecule has 1 aromatic carbocycles. The molecule has 0 aliphatic heterocycles. The van der Waals surface area contributed by atoms with Gasteiger partial charge in [-0.1, -0.05) is 11.6 Å². The maximum Gasteiger partial charge on any atom is 0.131 e. The zero-order chi connectivity index (χ0) is 9.14. The van der Waals surface area contributed by atoms with Crippen molar-refractivity contribution in [2.75, 3.05) is 0 Å². The minimum Gasteiger partial charge on any atom is -0.392 e. The zero-order valence-electron chi connectivity index (χ0n) is 6.01. The van der Waals surface area contributed by atoms with Crippen LogP contribution < -0.4 is 0 Å². The summed E-state index contributed by atoms with van der Waals surface area (Å²) < 4.78 is 12.9. The smallest absolute Gasteiger partial charge is 0.131 e. The first kappa shape index (κ1) is 8.98. The van der Waals surface area contributed by atoms with Crippen LogP contribution in [0, 0.1) is 17.1 Å². The predicted molar refractivity (Wildman–Crippen MR) is 42.0 cm³/mol. The number of hydrogen-bond donors (Lipinski definition) is 1. The molecular formula is C8H5ClFNO. The van der Waals surface area contributed by atoms with Crippen molar-refractivity contribution in [3.63, 3.8) is 0 Å². The van der Waals surface area contributed by atoms with Crippen molar-refractivity contribution in [2.45, 2.75) is 6.61 Å². The van der Waals surface area contributed by atoms with Crippen molar-refractivity contribution in [1.29, 1.82) is 5.26 Å². The lowest BCUT2D eigenvalue weighted by Gasteiger charge is -2.01. The number of hydrogen-bond acceptors (Lipinski definition) is 2. The summed E-state index contributed by atoms with van der Waals surface area (Å²) in [7, 11) is 0. The number of nitriles is 1. The molecule has 62 valence electrons. The summed E-state index contributed by atoms with van der Waals surface area (Å²) in [5, 5.41) is 17.1. The van der Waals surface area contributed by atoms with Crippen LogP contribution in [0.4, 0.5) is 4.39 Å². The van der Waals surface area contributed by atoms with Crippen LogP contribution in [0.2, 0.25) is 5.02 Å². The molecule has 1 rings (SSSR count). The molecule has 1 N–H and O–H groups in total. The molecule has 0 aliphatic rings. The van der Waals surface area contributed by atoms with Gasteiger partial charge in [0.05, 0.1) is 23.3 Å². The van der Waals surface area contributed by atoms with Crippen LogP contribution in [0.15, 0.2) is 12.1 Å². The molecule has 0 unspecified atom stereocenters. The van der Waals surface area contributed by atoms with Gasteiger partial charge in [-0.05, 0) is 12.1 Å². The molecule has 0 aromatic heterocycles. The molecular weight excluding hydrogens is 181 g/mol. The van der Waals surface area contributed by atoms with E-state index in [9.17, 15) is 4.39 Å². The van der Waals surface area contributed by atoms with Gasteiger partial charge in [0, 0.05) is 5.56 Å². The van der Waals surface area contributed by atoms with Crippen molar-refractivity contribution < 1.29 is 9.50 Å². The Kier molecular flexibility index (Phi) is 2.64. The van der Waals surface area contributed by atoms with Crippen LogP contribution in [0.1, 0.15) is 11.1 Å². The third-order valence-corrected chi connectivity index (χ3v) is 1.77. The molecule has 0 radical (unpaired) electrons. The van der Waals surface area contributed by atoms with Gasteiger partial charge in [0.2, 0.25) is 0 Å². The molecule has 0 bridgehead atoms. The number of aliphatic hydroxyl groups excluding tert-OH is 1. The molecule has 0 saturated heterocycles. The van der Waals surface area contributed by atoms with Crippen LogP contribution in [-0.2, 0) is 6.61 Å². The highest BCUT2D eigenvalue weighted by atomic mass is 35.5. The van der Waals surface area contributed by atoms with E-state index in [4.69, 9.17) is 22.0 Å². The Hall–Kier alpha value is -1.11. The fourth-order valence-electron chi connectivity index (χ4n) is 0.819. The van der Waals surface area contributed by atoms with E-state index >= 15 is 0 Å². The van der Waals surface area contributed by atoms with E-state index in [1.54, 1.807) is 6.07 Å².